The first-order valence-electron chi connectivity index (χ1n) is 9.45. The summed E-state index contributed by atoms with van der Waals surface area (Å²) in [4.78, 5) is 26.5. The van der Waals surface area contributed by atoms with Gasteiger partial charge in [-0.05, 0) is 35.9 Å². The molecule has 1 N–H and O–H groups in total. The van der Waals surface area contributed by atoms with Crippen molar-refractivity contribution in [1.82, 2.24) is 9.47 Å². The molecular formula is C21H18Cl2N2O5S. The fourth-order valence-electron chi connectivity index (χ4n) is 3.72. The lowest BCUT2D eigenvalue weighted by Crippen LogP contribution is -2.43. The molecule has 1 saturated heterocycles. The minimum absolute atomic E-state index is 0.0301. The first-order valence-corrected chi connectivity index (χ1v) is 12.0. The number of hydrogen-bond acceptors (Lipinski definition) is 4. The Bertz CT molecular complexity index is 1300. The molecule has 10 heteroatoms. The van der Waals surface area contributed by atoms with Gasteiger partial charge in [-0.1, -0.05) is 35.3 Å². The highest BCUT2D eigenvalue weighted by Crippen LogP contribution is 2.28. The second-order valence-electron chi connectivity index (χ2n) is 7.35. The molecular weight excluding hydrogens is 463 g/mol. The second kappa shape index (κ2) is 8.18. The third kappa shape index (κ3) is 4.28. The summed E-state index contributed by atoms with van der Waals surface area (Å²) in [7, 11) is -3.12. The second-order valence-corrected chi connectivity index (χ2v) is 10.5. The molecule has 1 aliphatic heterocycles. The van der Waals surface area contributed by atoms with Crippen molar-refractivity contribution in [2.75, 3.05) is 24.6 Å². The number of aromatic carboxylic acids is 1. The Balaban J connectivity index is 1.76. The van der Waals surface area contributed by atoms with Crippen molar-refractivity contribution in [1.29, 1.82) is 0 Å². The summed E-state index contributed by atoms with van der Waals surface area (Å²) in [5.41, 5.74) is 1.71. The van der Waals surface area contributed by atoms with Gasteiger partial charge in [-0.15, -0.1) is 0 Å². The summed E-state index contributed by atoms with van der Waals surface area (Å²) in [6, 6.07) is 11.6. The fraction of sp³-hybridized carbons (Fsp3) is 0.238. The first-order chi connectivity index (χ1) is 14.7. The lowest BCUT2D eigenvalue weighted by Gasteiger charge is -2.27. The summed E-state index contributed by atoms with van der Waals surface area (Å²) in [5, 5.41) is 11.0. The van der Waals surface area contributed by atoms with Gasteiger partial charge in [0.05, 0.1) is 21.6 Å². The van der Waals surface area contributed by atoms with E-state index in [2.05, 4.69) is 0 Å². The van der Waals surface area contributed by atoms with Crippen molar-refractivity contribution in [2.45, 2.75) is 6.54 Å². The Kier molecular flexibility index (Phi) is 5.72. The molecule has 0 atom stereocenters. The highest BCUT2D eigenvalue weighted by molar-refractivity contribution is 7.91. The predicted molar refractivity (Wildman–Crippen MR) is 119 cm³/mol. The molecule has 1 fully saturated rings. The molecule has 31 heavy (non-hydrogen) atoms. The van der Waals surface area contributed by atoms with E-state index < -0.39 is 15.8 Å². The number of carboxylic acid groups (broad SMARTS) is 1. The van der Waals surface area contributed by atoms with Crippen LogP contribution >= 0.6 is 23.2 Å². The van der Waals surface area contributed by atoms with Crippen LogP contribution in [0.1, 0.15) is 26.4 Å². The zero-order chi connectivity index (χ0) is 22.3. The molecule has 3 aromatic rings. The van der Waals surface area contributed by atoms with Crippen LogP contribution in [-0.2, 0) is 16.4 Å². The Labute approximate surface area is 188 Å². The van der Waals surface area contributed by atoms with E-state index in [1.54, 1.807) is 41.0 Å². The van der Waals surface area contributed by atoms with Crippen LogP contribution in [0.2, 0.25) is 10.0 Å². The minimum atomic E-state index is -3.12. The van der Waals surface area contributed by atoms with E-state index in [9.17, 15) is 23.1 Å². The number of fused-ring (bicyclic) bond motifs is 1. The maximum Gasteiger partial charge on any atom is 0.352 e. The maximum absolute atomic E-state index is 13.1. The van der Waals surface area contributed by atoms with Gasteiger partial charge in [0.2, 0.25) is 0 Å². The Hall–Kier alpha value is -2.55. The van der Waals surface area contributed by atoms with Crippen LogP contribution in [0.3, 0.4) is 0 Å². The van der Waals surface area contributed by atoms with Gasteiger partial charge in [-0.3, -0.25) is 4.79 Å². The van der Waals surface area contributed by atoms with Crippen molar-refractivity contribution in [3.8, 4) is 0 Å². The average Bonchev–Trinajstić information content (AvgIpc) is 3.09. The fourth-order valence-corrected chi connectivity index (χ4v) is 5.25. The Morgan fingerprint density at radius 3 is 2.35 bits per heavy atom. The Morgan fingerprint density at radius 2 is 1.71 bits per heavy atom. The SMILES string of the molecule is O=C(O)c1cc2c(C(=O)N3CCS(=O)(=O)CC3)cccc2n1Cc1ccc(Cl)c(Cl)c1. The van der Waals surface area contributed by atoms with Gasteiger partial charge in [0.1, 0.15) is 5.69 Å². The number of carbonyl (C=O) groups excluding carboxylic acids is 1. The van der Waals surface area contributed by atoms with Crippen LogP contribution in [0.25, 0.3) is 10.9 Å². The van der Waals surface area contributed by atoms with E-state index in [1.807, 2.05) is 0 Å². The van der Waals surface area contributed by atoms with Crippen molar-refractivity contribution in [2.24, 2.45) is 0 Å². The molecule has 4 rings (SSSR count). The monoisotopic (exact) mass is 480 g/mol. The summed E-state index contributed by atoms with van der Waals surface area (Å²) in [6.07, 6.45) is 0. The van der Waals surface area contributed by atoms with Crippen LogP contribution in [0.15, 0.2) is 42.5 Å². The van der Waals surface area contributed by atoms with Crippen LogP contribution in [0.5, 0.6) is 0 Å². The lowest BCUT2D eigenvalue weighted by atomic mass is 10.1. The van der Waals surface area contributed by atoms with Crippen molar-refractivity contribution in [3.05, 3.63) is 69.3 Å². The highest BCUT2D eigenvalue weighted by atomic mass is 35.5. The zero-order valence-electron chi connectivity index (χ0n) is 16.2. The van der Waals surface area contributed by atoms with Crippen molar-refractivity contribution < 1.29 is 23.1 Å². The number of aromatic nitrogens is 1. The van der Waals surface area contributed by atoms with E-state index in [0.717, 1.165) is 5.56 Å². The number of sulfone groups is 1. The van der Waals surface area contributed by atoms with Gasteiger partial charge in [0.15, 0.2) is 9.84 Å². The van der Waals surface area contributed by atoms with E-state index in [4.69, 9.17) is 23.2 Å². The molecule has 2 heterocycles. The number of benzene rings is 2. The lowest BCUT2D eigenvalue weighted by molar-refractivity contribution is 0.0685. The molecule has 0 bridgehead atoms. The van der Waals surface area contributed by atoms with Gasteiger partial charge < -0.3 is 14.6 Å². The van der Waals surface area contributed by atoms with Crippen molar-refractivity contribution in [3.63, 3.8) is 0 Å². The quantitative estimate of drug-likeness (QED) is 0.615. The smallest absolute Gasteiger partial charge is 0.352 e. The van der Waals surface area contributed by atoms with Crippen LogP contribution in [-0.4, -0.2) is 59.5 Å². The van der Waals surface area contributed by atoms with Gasteiger partial charge in [0.25, 0.3) is 5.91 Å². The van der Waals surface area contributed by atoms with E-state index in [1.165, 1.54) is 11.0 Å². The number of carbonyl (C=O) groups is 2. The van der Waals surface area contributed by atoms with E-state index >= 15 is 0 Å². The summed E-state index contributed by atoms with van der Waals surface area (Å²) in [6.45, 7) is 0.461. The van der Waals surface area contributed by atoms with E-state index in [0.29, 0.717) is 26.5 Å². The molecule has 0 spiro atoms. The molecule has 162 valence electrons. The van der Waals surface area contributed by atoms with Crippen LogP contribution < -0.4 is 0 Å². The van der Waals surface area contributed by atoms with Gasteiger partial charge in [-0.2, -0.15) is 0 Å². The molecule has 0 radical (unpaired) electrons. The zero-order valence-corrected chi connectivity index (χ0v) is 18.5. The average molecular weight is 481 g/mol. The number of halogens is 2. The molecule has 1 amide bonds. The molecule has 1 aromatic heterocycles. The molecule has 0 aliphatic carbocycles. The summed E-state index contributed by atoms with van der Waals surface area (Å²) < 4.78 is 25.0. The third-order valence-electron chi connectivity index (χ3n) is 5.35. The van der Waals surface area contributed by atoms with Gasteiger partial charge in [0, 0.05) is 36.1 Å². The summed E-state index contributed by atoms with van der Waals surface area (Å²) >= 11 is 12.1. The number of amides is 1. The van der Waals surface area contributed by atoms with E-state index in [-0.39, 0.29) is 42.7 Å². The summed E-state index contributed by atoms with van der Waals surface area (Å²) in [5.74, 6) is -1.59. The standard InChI is InChI=1S/C21H18Cl2N2O5S/c22-16-5-4-13(10-17(16)23)12-25-18-3-1-2-14(15(18)11-19(25)21(27)28)20(26)24-6-8-31(29,30)9-7-24/h1-5,10-11H,6-9,12H2,(H,27,28). The largest absolute Gasteiger partial charge is 0.477 e. The maximum atomic E-state index is 13.1. The van der Waals surface area contributed by atoms with Gasteiger partial charge in [-0.25, -0.2) is 13.2 Å². The molecule has 0 saturated carbocycles. The third-order valence-corrected chi connectivity index (χ3v) is 7.70. The van der Waals surface area contributed by atoms with Crippen LogP contribution in [0.4, 0.5) is 0 Å². The van der Waals surface area contributed by atoms with Crippen molar-refractivity contribution >= 4 is 55.8 Å². The molecule has 1 aliphatic rings. The topological polar surface area (TPSA) is 96.7 Å². The number of rotatable bonds is 4. The minimum Gasteiger partial charge on any atom is -0.477 e. The molecule has 2 aromatic carbocycles. The highest BCUT2D eigenvalue weighted by Gasteiger charge is 2.28. The number of carboxylic acids is 1. The Morgan fingerprint density at radius 1 is 1.00 bits per heavy atom. The number of hydrogen-bond donors (Lipinski definition) is 1. The predicted octanol–water partition coefficient (Wildman–Crippen LogP) is 3.57. The first kappa shape index (κ1) is 21.7. The molecule has 0 unspecified atom stereocenters. The van der Waals surface area contributed by atoms with Crippen LogP contribution in [0, 0.1) is 0 Å². The molecule has 7 nitrogen and oxygen atoms in total. The van der Waals surface area contributed by atoms with Gasteiger partial charge >= 0.3 is 5.97 Å². The normalized spacial score (nSPS) is 15.9. The number of nitrogens with zero attached hydrogens (tertiary/aromatic N) is 2.